The summed E-state index contributed by atoms with van der Waals surface area (Å²) in [5, 5.41) is 0. The zero-order valence-electron chi connectivity index (χ0n) is 13.6. The van der Waals surface area contributed by atoms with E-state index < -0.39 is 0 Å². The van der Waals surface area contributed by atoms with Gasteiger partial charge in [0.15, 0.2) is 0 Å². The van der Waals surface area contributed by atoms with E-state index in [-0.39, 0.29) is 26.2 Å². The summed E-state index contributed by atoms with van der Waals surface area (Å²) < 4.78 is 0. The summed E-state index contributed by atoms with van der Waals surface area (Å²) in [6.07, 6.45) is 0. The Kier molecular flexibility index (Phi) is 12.3. The van der Waals surface area contributed by atoms with Crippen molar-refractivity contribution < 1.29 is 0 Å². The summed E-state index contributed by atoms with van der Waals surface area (Å²) in [4.78, 5) is 0. The van der Waals surface area contributed by atoms with Crippen LogP contribution in [-0.4, -0.2) is 26.2 Å². The van der Waals surface area contributed by atoms with Crippen LogP contribution in [0, 0.1) is 20.8 Å². The van der Waals surface area contributed by atoms with Gasteiger partial charge in [0.05, 0.1) is 0 Å². The number of rotatable bonds is 0. The largest absolute Gasteiger partial charge is 0.0622 e. The van der Waals surface area contributed by atoms with Crippen LogP contribution >= 0.6 is 0 Å². The maximum absolute atomic E-state index is 2.08. The summed E-state index contributed by atoms with van der Waals surface area (Å²) in [5.41, 5.74) is 3.97. The second-order valence-electron chi connectivity index (χ2n) is 4.96. The Morgan fingerprint density at radius 2 is 0.545 bits per heavy atom. The topological polar surface area (TPSA) is 0 Å². The molecule has 0 nitrogen and oxygen atoms in total. The average molecular weight is 485 g/mol. The molecule has 0 heterocycles. The molecule has 3 rings (SSSR count). The van der Waals surface area contributed by atoms with E-state index in [2.05, 4.69) is 57.2 Å². The van der Waals surface area contributed by atoms with Crippen molar-refractivity contribution in [2.24, 2.45) is 0 Å². The molecule has 1 heteroatoms. The Hall–Kier alpha value is -1.46. The Morgan fingerprint density at radius 1 is 0.364 bits per heavy atom. The molecule has 0 atom stereocenters. The van der Waals surface area contributed by atoms with Gasteiger partial charge in [-0.1, -0.05) is 108 Å². The van der Waals surface area contributed by atoms with Crippen LogP contribution in [0.2, 0.25) is 0 Å². The standard InChI is InChI=1S/3C7H8.Bi/c3*1-7-5-3-2-4-6-7;/h3*2-6H,1H3;. The van der Waals surface area contributed by atoms with E-state index in [1.807, 2.05) is 54.6 Å². The molecule has 0 bridgehead atoms. The fraction of sp³-hybridized carbons (Fsp3) is 0.143. The SMILES string of the molecule is Cc1ccccc1.Cc1ccccc1.Cc1ccccc1.[Bi]. The van der Waals surface area contributed by atoms with Crippen LogP contribution in [-0.2, 0) is 0 Å². The van der Waals surface area contributed by atoms with Crippen molar-refractivity contribution in [1.82, 2.24) is 0 Å². The van der Waals surface area contributed by atoms with Gasteiger partial charge in [0.2, 0.25) is 0 Å². The first-order chi connectivity index (χ1) is 10.2. The van der Waals surface area contributed by atoms with E-state index in [0.29, 0.717) is 0 Å². The molecule has 113 valence electrons. The summed E-state index contributed by atoms with van der Waals surface area (Å²) in [6.45, 7) is 6.25. The van der Waals surface area contributed by atoms with Gasteiger partial charge in [0.1, 0.15) is 0 Å². The minimum absolute atomic E-state index is 0. The van der Waals surface area contributed by atoms with Gasteiger partial charge in [-0.05, 0) is 20.8 Å². The van der Waals surface area contributed by atoms with Gasteiger partial charge >= 0.3 is 0 Å². The predicted molar refractivity (Wildman–Crippen MR) is 99.3 cm³/mol. The van der Waals surface area contributed by atoms with Crippen molar-refractivity contribution in [2.75, 3.05) is 0 Å². The third kappa shape index (κ3) is 11.2. The molecule has 0 unspecified atom stereocenters. The second-order valence-corrected chi connectivity index (χ2v) is 4.96. The summed E-state index contributed by atoms with van der Waals surface area (Å²) in [6, 6.07) is 30.8. The zero-order valence-corrected chi connectivity index (χ0v) is 17.1. The normalized spacial score (nSPS) is 8.32. The fourth-order valence-corrected chi connectivity index (χ4v) is 1.60. The first-order valence-electron chi connectivity index (χ1n) is 7.23. The van der Waals surface area contributed by atoms with Gasteiger partial charge in [-0.25, -0.2) is 0 Å². The fourth-order valence-electron chi connectivity index (χ4n) is 1.60. The molecule has 0 fully saturated rings. The van der Waals surface area contributed by atoms with Crippen LogP contribution < -0.4 is 0 Å². The average Bonchev–Trinajstić information content (AvgIpc) is 2.51. The van der Waals surface area contributed by atoms with Crippen LogP contribution in [0.4, 0.5) is 0 Å². The van der Waals surface area contributed by atoms with E-state index >= 15 is 0 Å². The molecule has 3 radical (unpaired) electrons. The monoisotopic (exact) mass is 485 g/mol. The van der Waals surface area contributed by atoms with Crippen LogP contribution in [0.1, 0.15) is 16.7 Å². The molecule has 22 heavy (non-hydrogen) atoms. The molecular formula is C21H24Bi. The van der Waals surface area contributed by atoms with Gasteiger partial charge in [0, 0.05) is 26.2 Å². The predicted octanol–water partition coefficient (Wildman–Crippen LogP) is 5.60. The van der Waals surface area contributed by atoms with Crippen molar-refractivity contribution in [3.63, 3.8) is 0 Å². The number of benzene rings is 3. The van der Waals surface area contributed by atoms with Gasteiger partial charge in [-0.15, -0.1) is 0 Å². The van der Waals surface area contributed by atoms with Crippen molar-refractivity contribution in [3.8, 4) is 0 Å². The number of hydrogen-bond acceptors (Lipinski definition) is 0. The molecule has 0 N–H and O–H groups in total. The summed E-state index contributed by atoms with van der Waals surface area (Å²) in [7, 11) is 0. The molecule has 0 aromatic heterocycles. The van der Waals surface area contributed by atoms with Crippen molar-refractivity contribution in [3.05, 3.63) is 108 Å². The van der Waals surface area contributed by atoms with Crippen molar-refractivity contribution in [2.45, 2.75) is 20.8 Å². The maximum atomic E-state index is 2.08. The van der Waals surface area contributed by atoms with Gasteiger partial charge in [-0.3, -0.25) is 0 Å². The van der Waals surface area contributed by atoms with E-state index in [1.54, 1.807) is 0 Å². The van der Waals surface area contributed by atoms with Gasteiger partial charge in [0.25, 0.3) is 0 Å². The minimum Gasteiger partial charge on any atom is -0.0622 e. The Labute approximate surface area is 154 Å². The summed E-state index contributed by atoms with van der Waals surface area (Å²) in [5.74, 6) is 0. The number of aryl methyl sites for hydroxylation is 3. The summed E-state index contributed by atoms with van der Waals surface area (Å²) >= 11 is 0. The molecule has 3 aromatic carbocycles. The van der Waals surface area contributed by atoms with Gasteiger partial charge < -0.3 is 0 Å². The maximum Gasteiger partial charge on any atom is 0 e. The quantitative estimate of drug-likeness (QED) is 0.364. The van der Waals surface area contributed by atoms with Crippen LogP contribution in [0.5, 0.6) is 0 Å². The van der Waals surface area contributed by atoms with Crippen LogP contribution in [0.3, 0.4) is 0 Å². The Bertz CT molecular complexity index is 485. The minimum atomic E-state index is 0. The Morgan fingerprint density at radius 3 is 0.636 bits per heavy atom. The van der Waals surface area contributed by atoms with Gasteiger partial charge in [-0.2, -0.15) is 0 Å². The van der Waals surface area contributed by atoms with E-state index in [0.717, 1.165) is 0 Å². The number of hydrogen-bond donors (Lipinski definition) is 0. The first kappa shape index (κ1) is 20.5. The smallest absolute Gasteiger partial charge is 0 e. The first-order valence-corrected chi connectivity index (χ1v) is 7.23. The molecule has 0 aliphatic heterocycles. The molecule has 0 amide bonds. The van der Waals surface area contributed by atoms with Crippen molar-refractivity contribution >= 4 is 26.2 Å². The second kappa shape index (κ2) is 13.2. The van der Waals surface area contributed by atoms with Crippen LogP contribution in [0.25, 0.3) is 0 Å². The molecule has 0 spiro atoms. The molecular weight excluding hydrogens is 461 g/mol. The molecule has 3 aromatic rings. The van der Waals surface area contributed by atoms with Crippen molar-refractivity contribution in [1.29, 1.82) is 0 Å². The van der Waals surface area contributed by atoms with E-state index in [9.17, 15) is 0 Å². The van der Waals surface area contributed by atoms with E-state index in [1.165, 1.54) is 16.7 Å². The van der Waals surface area contributed by atoms with Crippen LogP contribution in [0.15, 0.2) is 91.0 Å². The molecule has 0 saturated heterocycles. The third-order valence-corrected chi connectivity index (χ3v) is 2.82. The molecule has 0 aliphatic rings. The Balaban J connectivity index is 0.000000294. The molecule has 0 saturated carbocycles. The van der Waals surface area contributed by atoms with E-state index in [4.69, 9.17) is 0 Å². The molecule has 0 aliphatic carbocycles. The zero-order chi connectivity index (χ0) is 15.3. The third-order valence-electron chi connectivity index (χ3n) is 2.82.